The Morgan fingerprint density at radius 1 is 1.08 bits per heavy atom. The Morgan fingerprint density at radius 2 is 1.89 bits per heavy atom. The highest BCUT2D eigenvalue weighted by atomic mass is 35.5. The Hall–Kier alpha value is -4.52. The van der Waals surface area contributed by atoms with Crippen molar-refractivity contribution < 1.29 is 13.2 Å². The van der Waals surface area contributed by atoms with Crippen LogP contribution in [0.5, 0.6) is 0 Å². The number of rotatable bonds is 4. The summed E-state index contributed by atoms with van der Waals surface area (Å²) in [6, 6.07) is 7.94. The van der Waals surface area contributed by atoms with Crippen molar-refractivity contribution in [2.24, 2.45) is 5.92 Å². The monoisotopic (exact) mass is 539 g/mol. The molecular formula is C24H17ClF3N9O. The summed E-state index contributed by atoms with van der Waals surface area (Å²) < 4.78 is 46.2. The Bertz CT molecular complexity index is 1770. The lowest BCUT2D eigenvalue weighted by Crippen LogP contribution is -2.26. The lowest BCUT2D eigenvalue weighted by Gasteiger charge is -2.16. The number of benzene rings is 2. The number of nitrogen functional groups attached to an aromatic ring is 1. The number of fused-ring (bicyclic) bond motifs is 1. The van der Waals surface area contributed by atoms with E-state index in [1.165, 1.54) is 21.6 Å². The summed E-state index contributed by atoms with van der Waals surface area (Å²) in [6.45, 7) is 1.86. The van der Waals surface area contributed by atoms with Crippen LogP contribution in [0.15, 0.2) is 47.5 Å². The van der Waals surface area contributed by atoms with Gasteiger partial charge in [-0.3, -0.25) is 9.36 Å². The number of halogens is 4. The molecule has 4 heterocycles. The van der Waals surface area contributed by atoms with Crippen molar-refractivity contribution in [2.45, 2.75) is 19.4 Å². The van der Waals surface area contributed by atoms with E-state index in [4.69, 9.17) is 22.3 Å². The minimum atomic E-state index is -1.30. The van der Waals surface area contributed by atoms with Gasteiger partial charge in [0, 0.05) is 28.6 Å². The van der Waals surface area contributed by atoms with Crippen LogP contribution in [-0.2, 0) is 6.42 Å². The first kappa shape index (κ1) is 23.9. The number of aromatic nitrogens is 8. The van der Waals surface area contributed by atoms with Gasteiger partial charge in [0.15, 0.2) is 11.6 Å². The molecule has 2 aromatic carbocycles. The fourth-order valence-corrected chi connectivity index (χ4v) is 4.97. The molecule has 2 atom stereocenters. The van der Waals surface area contributed by atoms with Gasteiger partial charge in [-0.1, -0.05) is 18.5 Å². The van der Waals surface area contributed by atoms with E-state index in [2.05, 4.69) is 25.5 Å². The van der Waals surface area contributed by atoms with Crippen LogP contribution in [0, 0.1) is 23.5 Å². The van der Waals surface area contributed by atoms with Gasteiger partial charge in [0.1, 0.15) is 23.7 Å². The summed E-state index contributed by atoms with van der Waals surface area (Å²) in [6.07, 6.45) is 1.78. The summed E-state index contributed by atoms with van der Waals surface area (Å²) in [4.78, 5) is 24.8. The number of hydrogen-bond donors (Lipinski definition) is 2. The molecule has 10 nitrogen and oxygen atoms in total. The van der Waals surface area contributed by atoms with Crippen LogP contribution in [0.3, 0.4) is 0 Å². The Morgan fingerprint density at radius 3 is 2.66 bits per heavy atom. The van der Waals surface area contributed by atoms with Crippen LogP contribution in [0.25, 0.3) is 28.2 Å². The van der Waals surface area contributed by atoms with Crippen LogP contribution in [-0.4, -0.2) is 39.7 Å². The number of H-pyrrole nitrogens is 1. The number of anilines is 1. The summed E-state index contributed by atoms with van der Waals surface area (Å²) in [5.74, 6) is -3.33. The smallest absolute Gasteiger partial charge is 0.254 e. The first-order valence-electron chi connectivity index (χ1n) is 11.4. The first-order chi connectivity index (χ1) is 18.2. The van der Waals surface area contributed by atoms with Crippen molar-refractivity contribution in [1.82, 2.24) is 39.7 Å². The van der Waals surface area contributed by atoms with E-state index in [-0.39, 0.29) is 23.0 Å². The van der Waals surface area contributed by atoms with Gasteiger partial charge < -0.3 is 10.7 Å². The van der Waals surface area contributed by atoms with E-state index < -0.39 is 34.9 Å². The first-order valence-corrected chi connectivity index (χ1v) is 11.8. The van der Waals surface area contributed by atoms with Crippen LogP contribution < -0.4 is 11.3 Å². The van der Waals surface area contributed by atoms with E-state index in [9.17, 15) is 18.0 Å². The summed E-state index contributed by atoms with van der Waals surface area (Å²) >= 11 is 6.23. The molecule has 0 aliphatic carbocycles. The minimum Gasteiger partial charge on any atom is -0.396 e. The molecule has 192 valence electrons. The van der Waals surface area contributed by atoms with Gasteiger partial charge in [-0.05, 0) is 46.7 Å². The highest BCUT2D eigenvalue weighted by Crippen LogP contribution is 2.37. The van der Waals surface area contributed by atoms with Crippen molar-refractivity contribution in [2.75, 3.05) is 5.73 Å². The van der Waals surface area contributed by atoms with Crippen molar-refractivity contribution in [3.63, 3.8) is 0 Å². The number of tetrazole rings is 1. The lowest BCUT2D eigenvalue weighted by molar-refractivity contribution is 0.445. The molecule has 6 rings (SSSR count). The number of aromatic amines is 1. The Labute approximate surface area is 216 Å². The van der Waals surface area contributed by atoms with Gasteiger partial charge in [0.2, 0.25) is 5.95 Å². The van der Waals surface area contributed by atoms with E-state index in [0.717, 1.165) is 12.1 Å². The highest BCUT2D eigenvalue weighted by molar-refractivity contribution is 6.31. The average molecular weight is 540 g/mol. The van der Waals surface area contributed by atoms with E-state index in [1.54, 1.807) is 18.2 Å². The topological polar surface area (TPSA) is 133 Å². The molecule has 5 aromatic rings. The standard InChI is InChI=1S/C24H17ClF3N9O/c1-10-6-17-31-15(13-7-11(25)2-5-16(13)36-9-30-34-35-36)8-18(38)37(17)22(10)24-32-21(23(28)33-24)12-3-4-14(29)20(27)19(12)26/h2-5,7-10,22H,6,29H2,1H3,(H,32,33)/t10-,22-/m0/s1. The fourth-order valence-electron chi connectivity index (χ4n) is 4.79. The lowest BCUT2D eigenvalue weighted by atomic mass is 10.0. The minimum absolute atomic E-state index is 0.0779. The zero-order chi connectivity index (χ0) is 26.7. The molecule has 0 saturated heterocycles. The number of imidazole rings is 1. The van der Waals surface area contributed by atoms with Crippen LogP contribution >= 0.6 is 11.6 Å². The largest absolute Gasteiger partial charge is 0.396 e. The molecule has 14 heteroatoms. The third kappa shape index (κ3) is 3.74. The molecule has 3 aromatic heterocycles. The molecule has 1 aliphatic heterocycles. The summed E-state index contributed by atoms with van der Waals surface area (Å²) in [5, 5.41) is 11.6. The average Bonchev–Trinajstić information content (AvgIpc) is 3.61. The molecular weight excluding hydrogens is 523 g/mol. The highest BCUT2D eigenvalue weighted by Gasteiger charge is 2.36. The van der Waals surface area contributed by atoms with Gasteiger partial charge in [-0.2, -0.15) is 9.07 Å². The van der Waals surface area contributed by atoms with E-state index in [1.807, 2.05) is 6.92 Å². The summed E-state index contributed by atoms with van der Waals surface area (Å²) in [5.41, 5.74) is 5.33. The predicted molar refractivity (Wildman–Crippen MR) is 131 cm³/mol. The SMILES string of the molecule is C[C@H]1Cc2nc(-c3cc(Cl)ccc3-n3cnnn3)cc(=O)n2[C@@H]1c1nc(F)c(-c2ccc(N)c(F)c2F)[nH]1. The maximum Gasteiger partial charge on any atom is 0.254 e. The third-order valence-corrected chi connectivity index (χ3v) is 6.75. The molecule has 3 N–H and O–H groups in total. The second-order valence-corrected chi connectivity index (χ2v) is 9.36. The quantitative estimate of drug-likeness (QED) is 0.333. The molecule has 0 fully saturated rings. The number of nitrogens with two attached hydrogens (primary N) is 1. The van der Waals surface area contributed by atoms with Gasteiger partial charge >= 0.3 is 0 Å². The zero-order valence-corrected chi connectivity index (χ0v) is 20.3. The second kappa shape index (κ2) is 8.80. The van der Waals surface area contributed by atoms with E-state index >= 15 is 0 Å². The van der Waals surface area contributed by atoms with Crippen molar-refractivity contribution in [1.29, 1.82) is 0 Å². The molecule has 0 amide bonds. The van der Waals surface area contributed by atoms with Crippen molar-refractivity contribution in [3.05, 3.63) is 87.3 Å². The zero-order valence-electron chi connectivity index (χ0n) is 19.5. The Balaban J connectivity index is 1.44. The van der Waals surface area contributed by atoms with Gasteiger partial charge in [0.05, 0.1) is 23.1 Å². The maximum absolute atomic E-state index is 14.9. The Kier molecular flexibility index (Phi) is 5.52. The molecule has 0 unspecified atom stereocenters. The van der Waals surface area contributed by atoms with Gasteiger partial charge in [0.25, 0.3) is 5.56 Å². The number of hydrogen-bond acceptors (Lipinski definition) is 7. The van der Waals surface area contributed by atoms with Gasteiger partial charge in [-0.25, -0.2) is 18.7 Å². The van der Waals surface area contributed by atoms with Crippen molar-refractivity contribution >= 4 is 17.3 Å². The molecule has 1 aliphatic rings. The number of nitrogens with zero attached hydrogens (tertiary/aromatic N) is 7. The van der Waals surface area contributed by atoms with Crippen molar-refractivity contribution in [3.8, 4) is 28.2 Å². The summed E-state index contributed by atoms with van der Waals surface area (Å²) in [7, 11) is 0. The normalized spacial score (nSPS) is 16.7. The fraction of sp³-hybridized carbons (Fsp3) is 0.167. The molecule has 0 spiro atoms. The predicted octanol–water partition coefficient (Wildman–Crippen LogP) is 3.71. The maximum atomic E-state index is 14.9. The van der Waals surface area contributed by atoms with E-state index in [0.29, 0.717) is 34.2 Å². The van der Waals surface area contributed by atoms with Gasteiger partial charge in [-0.15, -0.1) is 5.10 Å². The third-order valence-electron chi connectivity index (χ3n) is 6.52. The van der Waals surface area contributed by atoms with Crippen LogP contribution in [0.1, 0.15) is 24.6 Å². The second-order valence-electron chi connectivity index (χ2n) is 8.93. The van der Waals surface area contributed by atoms with Crippen LogP contribution in [0.4, 0.5) is 18.9 Å². The molecule has 0 radical (unpaired) electrons. The number of nitrogens with one attached hydrogen (secondary N) is 1. The van der Waals surface area contributed by atoms with Crippen LogP contribution in [0.2, 0.25) is 5.02 Å². The molecule has 0 bridgehead atoms. The molecule has 38 heavy (non-hydrogen) atoms. The molecule has 0 saturated carbocycles.